The van der Waals surface area contributed by atoms with Gasteiger partial charge in [0, 0.05) is 21.8 Å². The molecule has 0 aliphatic heterocycles. The Labute approximate surface area is 210 Å². The summed E-state index contributed by atoms with van der Waals surface area (Å²) in [6.07, 6.45) is 1.82. The molecule has 8 heteroatoms. The van der Waals surface area contributed by atoms with Gasteiger partial charge < -0.3 is 10.1 Å². The number of rotatable bonds is 7. The molecule has 1 aromatic heterocycles. The van der Waals surface area contributed by atoms with Crippen molar-refractivity contribution in [3.63, 3.8) is 0 Å². The Bertz CT molecular complexity index is 1290. The summed E-state index contributed by atoms with van der Waals surface area (Å²) in [4.78, 5) is 12.8. The van der Waals surface area contributed by atoms with Gasteiger partial charge in [0.1, 0.15) is 12.4 Å². The highest BCUT2D eigenvalue weighted by Crippen LogP contribution is 2.24. The van der Waals surface area contributed by atoms with Crippen molar-refractivity contribution < 1.29 is 9.53 Å². The molecule has 0 radical (unpaired) electrons. The van der Waals surface area contributed by atoms with Crippen LogP contribution in [0.2, 0.25) is 10.0 Å². The first-order valence-corrected chi connectivity index (χ1v) is 11.7. The van der Waals surface area contributed by atoms with Crippen molar-refractivity contribution in [1.82, 2.24) is 9.78 Å². The zero-order valence-corrected chi connectivity index (χ0v) is 20.8. The van der Waals surface area contributed by atoms with E-state index in [1.165, 1.54) is 0 Å². The minimum absolute atomic E-state index is 0.253. The van der Waals surface area contributed by atoms with Crippen LogP contribution in [-0.2, 0) is 13.2 Å². The Morgan fingerprint density at radius 3 is 2.55 bits per heavy atom. The lowest BCUT2D eigenvalue weighted by atomic mass is 10.1. The van der Waals surface area contributed by atoms with Crippen molar-refractivity contribution >= 4 is 50.9 Å². The first-order valence-electron chi connectivity index (χ1n) is 10.1. The number of carbonyl (C=O) groups excluding carboxylic acids is 1. The van der Waals surface area contributed by atoms with E-state index in [1.54, 1.807) is 22.9 Å². The number of halogens is 3. The summed E-state index contributed by atoms with van der Waals surface area (Å²) in [5, 5.41) is 8.69. The maximum atomic E-state index is 12.8. The van der Waals surface area contributed by atoms with Gasteiger partial charge in [0.05, 0.1) is 11.0 Å². The normalized spacial score (nSPS) is 10.8. The van der Waals surface area contributed by atoms with Gasteiger partial charge in [-0.05, 0) is 82.0 Å². The lowest BCUT2D eigenvalue weighted by molar-refractivity contribution is 0.102. The zero-order valence-electron chi connectivity index (χ0n) is 17.7. The molecule has 0 atom stereocenters. The smallest absolute Gasteiger partial charge is 0.256 e. The van der Waals surface area contributed by atoms with E-state index in [4.69, 9.17) is 27.9 Å². The monoisotopic (exact) mass is 543 g/mol. The fraction of sp³-hybridized carbons (Fsp3) is 0.120. The van der Waals surface area contributed by atoms with E-state index in [2.05, 4.69) is 26.3 Å². The number of anilines is 1. The third-order valence-electron chi connectivity index (χ3n) is 4.93. The van der Waals surface area contributed by atoms with Crippen molar-refractivity contribution in [3.05, 3.63) is 110 Å². The first-order chi connectivity index (χ1) is 15.9. The molecule has 4 aromatic rings. The number of benzene rings is 3. The van der Waals surface area contributed by atoms with Crippen LogP contribution in [0.4, 0.5) is 5.82 Å². The second-order valence-corrected chi connectivity index (χ2v) is 9.23. The van der Waals surface area contributed by atoms with Gasteiger partial charge in [0.25, 0.3) is 5.91 Å². The fourth-order valence-corrected chi connectivity index (χ4v) is 4.02. The maximum Gasteiger partial charge on any atom is 0.256 e. The topological polar surface area (TPSA) is 56.1 Å². The molecular weight excluding hydrogens is 525 g/mol. The minimum Gasteiger partial charge on any atom is -0.489 e. The summed E-state index contributed by atoms with van der Waals surface area (Å²) in [5.41, 5.74) is 3.40. The van der Waals surface area contributed by atoms with Crippen molar-refractivity contribution in [3.8, 4) is 5.75 Å². The molecule has 1 N–H and O–H groups in total. The molecule has 0 saturated carbocycles. The molecule has 1 amide bonds. The highest BCUT2D eigenvalue weighted by atomic mass is 79.9. The second kappa shape index (κ2) is 10.4. The quantitative estimate of drug-likeness (QED) is 0.269. The Balaban J connectivity index is 1.41. The number of ether oxygens (including phenoxy) is 1. The van der Waals surface area contributed by atoms with Gasteiger partial charge in [-0.2, -0.15) is 5.10 Å². The summed E-state index contributed by atoms with van der Waals surface area (Å²) in [5.74, 6) is 0.953. The number of nitrogens with one attached hydrogen (secondary N) is 1. The third-order valence-corrected chi connectivity index (χ3v) is 5.99. The molecule has 3 aromatic carbocycles. The van der Waals surface area contributed by atoms with E-state index in [-0.39, 0.29) is 5.91 Å². The molecule has 5 nitrogen and oxygen atoms in total. The lowest BCUT2D eigenvalue weighted by Gasteiger charge is -2.10. The van der Waals surface area contributed by atoms with E-state index >= 15 is 0 Å². The van der Waals surface area contributed by atoms with Crippen LogP contribution in [0.1, 0.15) is 27.0 Å². The summed E-state index contributed by atoms with van der Waals surface area (Å²) in [6.45, 7) is 2.83. The number of amides is 1. The average Bonchev–Trinajstić information content (AvgIpc) is 3.13. The Morgan fingerprint density at radius 2 is 1.79 bits per heavy atom. The SMILES string of the molecule is Cc1cc(Cl)ccc1OCc1cccc(C(=O)Nc2nn(Cc3ccc(Cl)cc3)cc2Br)c1. The van der Waals surface area contributed by atoms with Crippen LogP contribution in [0.25, 0.3) is 0 Å². The largest absolute Gasteiger partial charge is 0.489 e. The molecule has 33 heavy (non-hydrogen) atoms. The highest BCUT2D eigenvalue weighted by molar-refractivity contribution is 9.10. The molecule has 0 unspecified atom stereocenters. The van der Waals surface area contributed by atoms with E-state index in [0.717, 1.165) is 22.4 Å². The van der Waals surface area contributed by atoms with Crippen LogP contribution in [0, 0.1) is 6.92 Å². The van der Waals surface area contributed by atoms with Crippen molar-refractivity contribution in [2.24, 2.45) is 0 Å². The van der Waals surface area contributed by atoms with Crippen molar-refractivity contribution in [2.45, 2.75) is 20.1 Å². The maximum absolute atomic E-state index is 12.8. The number of aryl methyl sites for hydroxylation is 1. The minimum atomic E-state index is -0.253. The van der Waals surface area contributed by atoms with Gasteiger partial charge >= 0.3 is 0 Å². The summed E-state index contributed by atoms with van der Waals surface area (Å²) in [6, 6.07) is 20.3. The first kappa shape index (κ1) is 23.4. The summed E-state index contributed by atoms with van der Waals surface area (Å²) >= 11 is 15.4. The molecule has 0 aliphatic carbocycles. The van der Waals surface area contributed by atoms with Crippen molar-refractivity contribution in [2.75, 3.05) is 5.32 Å². The Morgan fingerprint density at radius 1 is 1.03 bits per heavy atom. The Hall–Kier alpha value is -2.80. The number of aromatic nitrogens is 2. The average molecular weight is 545 g/mol. The second-order valence-electron chi connectivity index (χ2n) is 7.50. The molecule has 4 rings (SSSR count). The summed E-state index contributed by atoms with van der Waals surface area (Å²) < 4.78 is 8.34. The molecule has 0 bridgehead atoms. The lowest BCUT2D eigenvalue weighted by Crippen LogP contribution is -2.13. The van der Waals surface area contributed by atoms with E-state index in [1.807, 2.05) is 61.7 Å². The van der Waals surface area contributed by atoms with Gasteiger partial charge in [0.15, 0.2) is 5.82 Å². The molecule has 1 heterocycles. The molecule has 0 aliphatic rings. The van der Waals surface area contributed by atoms with E-state index in [9.17, 15) is 4.79 Å². The van der Waals surface area contributed by atoms with Crippen molar-refractivity contribution in [1.29, 1.82) is 0 Å². The third kappa shape index (κ3) is 6.16. The molecular formula is C25H20BrCl2N3O2. The Kier molecular flexibility index (Phi) is 7.38. The van der Waals surface area contributed by atoms with Gasteiger partial charge in [-0.15, -0.1) is 0 Å². The van der Waals surface area contributed by atoms with Crippen LogP contribution in [0.3, 0.4) is 0 Å². The molecule has 0 saturated heterocycles. The van der Waals surface area contributed by atoms with Crippen LogP contribution in [0.15, 0.2) is 77.4 Å². The number of hydrogen-bond acceptors (Lipinski definition) is 3. The molecule has 168 valence electrons. The van der Waals surface area contributed by atoms with E-state index < -0.39 is 0 Å². The van der Waals surface area contributed by atoms with E-state index in [0.29, 0.717) is 39.1 Å². The molecule has 0 spiro atoms. The van der Waals surface area contributed by atoms with Crippen LogP contribution in [0.5, 0.6) is 5.75 Å². The van der Waals surface area contributed by atoms with Gasteiger partial charge in [-0.3, -0.25) is 9.48 Å². The number of nitrogens with zero attached hydrogens (tertiary/aromatic N) is 2. The van der Waals surface area contributed by atoms with Gasteiger partial charge in [-0.1, -0.05) is 47.5 Å². The predicted molar refractivity (Wildman–Crippen MR) is 135 cm³/mol. The highest BCUT2D eigenvalue weighted by Gasteiger charge is 2.13. The van der Waals surface area contributed by atoms with Crippen LogP contribution in [-0.4, -0.2) is 15.7 Å². The number of carbonyl (C=O) groups is 1. The molecule has 0 fully saturated rings. The van der Waals surface area contributed by atoms with Gasteiger partial charge in [0.2, 0.25) is 0 Å². The van der Waals surface area contributed by atoms with Crippen LogP contribution < -0.4 is 10.1 Å². The van der Waals surface area contributed by atoms with Crippen LogP contribution >= 0.6 is 39.1 Å². The fourth-order valence-electron chi connectivity index (χ4n) is 3.26. The summed E-state index contributed by atoms with van der Waals surface area (Å²) in [7, 11) is 0. The standard InChI is InChI=1S/C25H20BrCl2N3O2/c1-16-11-21(28)9-10-23(16)33-15-18-3-2-4-19(12-18)25(32)29-24-22(26)14-31(30-24)13-17-5-7-20(27)8-6-17/h2-12,14H,13,15H2,1H3,(H,29,30,32). The van der Waals surface area contributed by atoms with Gasteiger partial charge in [-0.25, -0.2) is 0 Å². The predicted octanol–water partition coefficient (Wildman–Crippen LogP) is 7.14. The zero-order chi connectivity index (χ0) is 23.4. The number of hydrogen-bond donors (Lipinski definition) is 1.